The van der Waals surface area contributed by atoms with Crippen molar-refractivity contribution < 1.29 is 0 Å². The number of nitrogens with one attached hydrogen (secondary N) is 1. The highest BCUT2D eigenvalue weighted by molar-refractivity contribution is 7.99. The Labute approximate surface area is 83.4 Å². The third-order valence-electron chi connectivity index (χ3n) is 1.96. The summed E-state index contributed by atoms with van der Waals surface area (Å²) < 4.78 is -0.0210. The number of hydrogen-bond acceptors (Lipinski definition) is 4. The van der Waals surface area contributed by atoms with Gasteiger partial charge in [-0.15, -0.1) is 0 Å². The first-order valence-corrected chi connectivity index (χ1v) is 5.39. The smallest absolute Gasteiger partial charge is 0.146 e. The Morgan fingerprint density at radius 1 is 1.46 bits per heavy atom. The van der Waals surface area contributed by atoms with Gasteiger partial charge in [0.25, 0.3) is 0 Å². The molecule has 0 saturated carbocycles. The van der Waals surface area contributed by atoms with Crippen LogP contribution in [-0.2, 0) is 4.75 Å². The van der Waals surface area contributed by atoms with Crippen molar-refractivity contribution in [3.8, 4) is 0 Å². The second kappa shape index (κ2) is 3.96. The maximum absolute atomic E-state index is 4.39. The molecule has 0 aliphatic rings. The molecule has 1 rings (SSSR count). The molecule has 0 amide bonds. The molecule has 0 fully saturated rings. The average molecular weight is 197 g/mol. The van der Waals surface area contributed by atoms with Gasteiger partial charge in [-0.2, -0.15) is 11.8 Å². The molecule has 0 bridgehead atoms. The van der Waals surface area contributed by atoms with Crippen LogP contribution in [-0.4, -0.2) is 23.3 Å². The third kappa shape index (κ3) is 2.34. The summed E-state index contributed by atoms with van der Waals surface area (Å²) >= 11 is 1.75. The van der Waals surface area contributed by atoms with Crippen LogP contribution in [0.3, 0.4) is 0 Å². The molecule has 0 radical (unpaired) electrons. The summed E-state index contributed by atoms with van der Waals surface area (Å²) in [5, 5.41) is 3.00. The highest BCUT2D eigenvalue weighted by Crippen LogP contribution is 2.30. The van der Waals surface area contributed by atoms with Gasteiger partial charge >= 0.3 is 0 Å². The lowest BCUT2D eigenvalue weighted by Gasteiger charge is -2.20. The lowest BCUT2D eigenvalue weighted by atomic mass is 10.2. The number of thioether (sulfide) groups is 1. The normalized spacial score (nSPS) is 11.4. The van der Waals surface area contributed by atoms with Crippen LogP contribution in [0.15, 0.2) is 12.3 Å². The van der Waals surface area contributed by atoms with Crippen LogP contribution in [0.2, 0.25) is 0 Å². The Hall–Kier alpha value is -0.770. The van der Waals surface area contributed by atoms with E-state index in [2.05, 4.69) is 35.4 Å². The summed E-state index contributed by atoms with van der Waals surface area (Å²) in [7, 11) is 1.86. The van der Waals surface area contributed by atoms with E-state index in [4.69, 9.17) is 0 Å². The van der Waals surface area contributed by atoms with Crippen molar-refractivity contribution in [3.63, 3.8) is 0 Å². The molecule has 0 saturated heterocycles. The van der Waals surface area contributed by atoms with Gasteiger partial charge in [-0.3, -0.25) is 0 Å². The Bertz CT molecular complexity index is 286. The predicted molar refractivity (Wildman–Crippen MR) is 58.1 cm³/mol. The zero-order chi connectivity index (χ0) is 9.90. The summed E-state index contributed by atoms with van der Waals surface area (Å²) in [4.78, 5) is 8.65. The minimum atomic E-state index is -0.0210. The number of anilines is 1. The van der Waals surface area contributed by atoms with Gasteiger partial charge in [-0.05, 0) is 26.2 Å². The van der Waals surface area contributed by atoms with E-state index < -0.39 is 0 Å². The summed E-state index contributed by atoms with van der Waals surface area (Å²) in [5.74, 6) is 1.74. The van der Waals surface area contributed by atoms with E-state index in [1.54, 1.807) is 18.0 Å². The molecule has 0 aliphatic heterocycles. The number of nitrogens with zero attached hydrogens (tertiary/aromatic N) is 2. The standard InChI is InChI=1S/C9H15N3S/c1-9(2,13-4)8-11-6-5-7(10-3)12-8/h5-6H,1-4H3,(H,10,11,12). The third-order valence-corrected chi connectivity index (χ3v) is 3.16. The molecule has 3 nitrogen and oxygen atoms in total. The minimum absolute atomic E-state index is 0.0210. The Morgan fingerprint density at radius 2 is 2.15 bits per heavy atom. The van der Waals surface area contributed by atoms with Crippen LogP contribution in [0.4, 0.5) is 5.82 Å². The van der Waals surface area contributed by atoms with E-state index >= 15 is 0 Å². The molecule has 13 heavy (non-hydrogen) atoms. The van der Waals surface area contributed by atoms with Gasteiger partial charge in [0.1, 0.15) is 11.6 Å². The van der Waals surface area contributed by atoms with Crippen LogP contribution in [0, 0.1) is 0 Å². The summed E-state index contributed by atoms with van der Waals surface area (Å²) in [6, 6.07) is 1.86. The monoisotopic (exact) mass is 197 g/mol. The predicted octanol–water partition coefficient (Wildman–Crippen LogP) is 2.12. The molecular weight excluding hydrogens is 182 g/mol. The van der Waals surface area contributed by atoms with E-state index in [-0.39, 0.29) is 4.75 Å². The maximum Gasteiger partial charge on any atom is 0.146 e. The highest BCUT2D eigenvalue weighted by atomic mass is 32.2. The first-order chi connectivity index (χ1) is 6.10. The second-order valence-electron chi connectivity index (χ2n) is 3.23. The first-order valence-electron chi connectivity index (χ1n) is 4.16. The van der Waals surface area contributed by atoms with Crippen molar-refractivity contribution in [2.24, 2.45) is 0 Å². The molecule has 0 aromatic carbocycles. The average Bonchev–Trinajstić information content (AvgIpc) is 2.18. The zero-order valence-corrected chi connectivity index (χ0v) is 9.27. The topological polar surface area (TPSA) is 37.8 Å². The fourth-order valence-electron chi connectivity index (χ4n) is 0.879. The van der Waals surface area contributed by atoms with Crippen molar-refractivity contribution in [1.82, 2.24) is 9.97 Å². The highest BCUT2D eigenvalue weighted by Gasteiger charge is 2.22. The van der Waals surface area contributed by atoms with Crippen molar-refractivity contribution >= 4 is 17.6 Å². The van der Waals surface area contributed by atoms with Crippen LogP contribution < -0.4 is 5.32 Å². The Kier molecular flexibility index (Phi) is 3.14. The molecule has 1 heterocycles. The molecule has 1 N–H and O–H groups in total. The number of hydrogen-bond donors (Lipinski definition) is 1. The number of aromatic nitrogens is 2. The van der Waals surface area contributed by atoms with Crippen LogP contribution in [0.5, 0.6) is 0 Å². The van der Waals surface area contributed by atoms with Crippen molar-refractivity contribution in [2.45, 2.75) is 18.6 Å². The summed E-state index contributed by atoms with van der Waals surface area (Å²) in [6.45, 7) is 4.24. The van der Waals surface area contributed by atoms with Crippen LogP contribution in [0.1, 0.15) is 19.7 Å². The van der Waals surface area contributed by atoms with Gasteiger partial charge in [-0.1, -0.05) is 0 Å². The number of rotatable bonds is 3. The molecule has 0 unspecified atom stereocenters. The molecule has 1 aromatic heterocycles. The SMILES string of the molecule is CNc1ccnc(C(C)(C)SC)n1. The second-order valence-corrected chi connectivity index (χ2v) is 4.66. The van der Waals surface area contributed by atoms with Gasteiger partial charge in [0, 0.05) is 13.2 Å². The lowest BCUT2D eigenvalue weighted by Crippen LogP contribution is -2.16. The first kappa shape index (κ1) is 10.3. The molecule has 0 aliphatic carbocycles. The Balaban J connectivity index is 3.01. The van der Waals surface area contributed by atoms with E-state index in [1.807, 2.05) is 13.1 Å². The van der Waals surface area contributed by atoms with Gasteiger partial charge in [0.15, 0.2) is 0 Å². The van der Waals surface area contributed by atoms with Gasteiger partial charge in [0.2, 0.25) is 0 Å². The molecular formula is C9H15N3S. The maximum atomic E-state index is 4.39. The lowest BCUT2D eigenvalue weighted by molar-refractivity contribution is 0.711. The van der Waals surface area contributed by atoms with Gasteiger partial charge in [-0.25, -0.2) is 9.97 Å². The summed E-state index contributed by atoms with van der Waals surface area (Å²) in [5.41, 5.74) is 0. The minimum Gasteiger partial charge on any atom is -0.373 e. The molecule has 4 heteroatoms. The Morgan fingerprint density at radius 3 is 2.69 bits per heavy atom. The fraction of sp³-hybridized carbons (Fsp3) is 0.556. The van der Waals surface area contributed by atoms with Crippen LogP contribution in [0.25, 0.3) is 0 Å². The van der Waals surface area contributed by atoms with Crippen LogP contribution >= 0.6 is 11.8 Å². The molecule has 1 aromatic rings. The largest absolute Gasteiger partial charge is 0.373 e. The summed E-state index contributed by atoms with van der Waals surface area (Å²) in [6.07, 6.45) is 3.85. The van der Waals surface area contributed by atoms with Crippen molar-refractivity contribution in [1.29, 1.82) is 0 Å². The quantitative estimate of drug-likeness (QED) is 0.805. The van der Waals surface area contributed by atoms with Crippen molar-refractivity contribution in [3.05, 3.63) is 18.1 Å². The molecule has 0 atom stereocenters. The van der Waals surface area contributed by atoms with E-state index in [1.165, 1.54) is 0 Å². The molecule has 72 valence electrons. The van der Waals surface area contributed by atoms with E-state index in [0.29, 0.717) is 0 Å². The van der Waals surface area contributed by atoms with Crippen molar-refractivity contribution in [2.75, 3.05) is 18.6 Å². The zero-order valence-electron chi connectivity index (χ0n) is 8.46. The molecule has 0 spiro atoms. The fourth-order valence-corrected chi connectivity index (χ4v) is 1.16. The van der Waals surface area contributed by atoms with E-state index in [9.17, 15) is 0 Å². The van der Waals surface area contributed by atoms with Gasteiger partial charge in [0.05, 0.1) is 4.75 Å². The van der Waals surface area contributed by atoms with E-state index in [0.717, 1.165) is 11.6 Å². The van der Waals surface area contributed by atoms with Gasteiger partial charge < -0.3 is 5.32 Å².